The third-order valence-electron chi connectivity index (χ3n) is 3.63. The summed E-state index contributed by atoms with van der Waals surface area (Å²) in [4.78, 5) is 15.1. The van der Waals surface area contributed by atoms with Crippen molar-refractivity contribution in [3.05, 3.63) is 72.9 Å². The first-order valence-electron chi connectivity index (χ1n) is 6.68. The molecule has 116 valence electrons. The normalized spacial score (nSPS) is 16.5. The van der Waals surface area contributed by atoms with Crippen LogP contribution in [0, 0.1) is 18.3 Å². The minimum atomic E-state index is -0.710. The molecule has 0 spiro atoms. The molecule has 23 heavy (non-hydrogen) atoms. The molecule has 1 unspecified atom stereocenters. The molecule has 1 aromatic carbocycles. The van der Waals surface area contributed by atoms with Gasteiger partial charge in [0, 0.05) is 21.8 Å². The molecule has 2 heterocycles. The van der Waals surface area contributed by atoms with Crippen molar-refractivity contribution >= 4 is 23.2 Å². The van der Waals surface area contributed by atoms with E-state index >= 15 is 0 Å². The van der Waals surface area contributed by atoms with Gasteiger partial charge in [0.2, 0.25) is 5.88 Å². The molecule has 1 aromatic heterocycles. The monoisotopic (exact) mass is 347 g/mol. The quantitative estimate of drug-likeness (QED) is 0.828. The van der Waals surface area contributed by atoms with Crippen molar-refractivity contribution in [2.24, 2.45) is 5.73 Å². The molecule has 3 rings (SSSR count). The molecule has 7 heteroatoms. The fourth-order valence-corrected chi connectivity index (χ4v) is 3.17. The van der Waals surface area contributed by atoms with Crippen molar-refractivity contribution in [3.63, 3.8) is 0 Å². The third kappa shape index (κ3) is 2.56. The standard InChI is InChI=1S/C16H11Cl2N3O2/c1-7-4-12-14(16(22)21-7)13(10(6-19)15(20)23-12)9-3-2-8(17)5-11(9)18/h2-5,13H,20H2,1H3,(H,21,22). The van der Waals surface area contributed by atoms with E-state index in [1.807, 2.05) is 6.07 Å². The molecule has 0 saturated heterocycles. The summed E-state index contributed by atoms with van der Waals surface area (Å²) in [6.07, 6.45) is 0. The molecule has 5 nitrogen and oxygen atoms in total. The number of H-pyrrole nitrogens is 1. The zero-order valence-electron chi connectivity index (χ0n) is 12.0. The first kappa shape index (κ1) is 15.5. The fraction of sp³-hybridized carbons (Fsp3) is 0.125. The molecule has 0 fully saturated rings. The van der Waals surface area contributed by atoms with Crippen LogP contribution in [0.2, 0.25) is 10.0 Å². The molecule has 1 aliphatic rings. The second kappa shape index (κ2) is 5.65. The number of rotatable bonds is 1. The second-order valence-corrected chi connectivity index (χ2v) is 5.99. The number of nitriles is 1. The highest BCUT2D eigenvalue weighted by atomic mass is 35.5. The predicted molar refractivity (Wildman–Crippen MR) is 87.6 cm³/mol. The molecule has 0 radical (unpaired) electrons. The van der Waals surface area contributed by atoms with Crippen LogP contribution in [0.4, 0.5) is 0 Å². The van der Waals surface area contributed by atoms with E-state index in [1.54, 1.807) is 31.2 Å². The number of allylic oxidation sites excluding steroid dienone is 1. The Morgan fingerprint density at radius 3 is 2.74 bits per heavy atom. The zero-order valence-corrected chi connectivity index (χ0v) is 13.5. The van der Waals surface area contributed by atoms with Crippen LogP contribution in [-0.4, -0.2) is 4.98 Å². The van der Waals surface area contributed by atoms with Crippen molar-refractivity contribution in [3.8, 4) is 11.8 Å². The summed E-state index contributed by atoms with van der Waals surface area (Å²) in [5, 5.41) is 10.3. The molecule has 1 aliphatic heterocycles. The summed E-state index contributed by atoms with van der Waals surface area (Å²) in [6.45, 7) is 1.73. The van der Waals surface area contributed by atoms with E-state index in [0.717, 1.165) is 0 Å². The Kier molecular flexibility index (Phi) is 3.80. The topological polar surface area (TPSA) is 91.9 Å². The van der Waals surface area contributed by atoms with Crippen LogP contribution in [0.15, 0.2) is 40.5 Å². The van der Waals surface area contributed by atoms with E-state index in [1.165, 1.54) is 0 Å². The summed E-state index contributed by atoms with van der Waals surface area (Å²) in [6, 6.07) is 8.55. The Bertz CT molecular complexity index is 941. The lowest BCUT2D eigenvalue weighted by atomic mass is 9.84. The molecular weight excluding hydrogens is 337 g/mol. The minimum Gasteiger partial charge on any atom is -0.440 e. The van der Waals surface area contributed by atoms with Gasteiger partial charge < -0.3 is 15.5 Å². The van der Waals surface area contributed by atoms with E-state index < -0.39 is 5.92 Å². The van der Waals surface area contributed by atoms with Gasteiger partial charge in [-0.2, -0.15) is 5.26 Å². The van der Waals surface area contributed by atoms with Gasteiger partial charge in [-0.05, 0) is 24.6 Å². The Labute approximate surface area is 141 Å². The largest absolute Gasteiger partial charge is 0.440 e. The Morgan fingerprint density at radius 1 is 1.35 bits per heavy atom. The Morgan fingerprint density at radius 2 is 2.09 bits per heavy atom. The lowest BCUT2D eigenvalue weighted by Gasteiger charge is -2.26. The molecule has 0 amide bonds. The molecule has 0 saturated carbocycles. The van der Waals surface area contributed by atoms with Gasteiger partial charge in [0.1, 0.15) is 17.4 Å². The van der Waals surface area contributed by atoms with Crippen molar-refractivity contribution in [1.29, 1.82) is 5.26 Å². The molecule has 0 aliphatic carbocycles. The average Bonchev–Trinajstić information content (AvgIpc) is 2.45. The van der Waals surface area contributed by atoms with Gasteiger partial charge in [-0.3, -0.25) is 4.79 Å². The number of nitrogens with two attached hydrogens (primary N) is 1. The average molecular weight is 348 g/mol. The SMILES string of the molecule is Cc1cc2c(c(=O)[nH]1)C(c1ccc(Cl)cc1Cl)C(C#N)=C(N)O2. The number of fused-ring (bicyclic) bond motifs is 1. The Balaban J connectivity index is 2.34. The highest BCUT2D eigenvalue weighted by Gasteiger charge is 2.34. The number of hydrogen-bond acceptors (Lipinski definition) is 4. The van der Waals surface area contributed by atoms with Crippen LogP contribution < -0.4 is 16.0 Å². The van der Waals surface area contributed by atoms with E-state index in [2.05, 4.69) is 4.98 Å². The molecular formula is C16H11Cl2N3O2. The number of nitrogens with one attached hydrogen (secondary N) is 1. The molecule has 2 aromatic rings. The molecule has 1 atom stereocenters. The summed E-state index contributed by atoms with van der Waals surface area (Å²) in [5.41, 5.74) is 7.14. The van der Waals surface area contributed by atoms with Crippen molar-refractivity contribution in [2.75, 3.05) is 0 Å². The van der Waals surface area contributed by atoms with Gasteiger partial charge >= 0.3 is 0 Å². The number of ether oxygens (including phenoxy) is 1. The fourth-order valence-electron chi connectivity index (χ4n) is 2.65. The smallest absolute Gasteiger partial charge is 0.256 e. The maximum atomic E-state index is 12.4. The van der Waals surface area contributed by atoms with Crippen LogP contribution in [0.25, 0.3) is 0 Å². The summed E-state index contributed by atoms with van der Waals surface area (Å²) in [7, 11) is 0. The first-order chi connectivity index (χ1) is 10.9. The van der Waals surface area contributed by atoms with Crippen LogP contribution >= 0.6 is 23.2 Å². The van der Waals surface area contributed by atoms with E-state index in [-0.39, 0.29) is 17.0 Å². The summed E-state index contributed by atoms with van der Waals surface area (Å²) in [5.74, 6) is -0.433. The number of halogens is 2. The van der Waals surface area contributed by atoms with Gasteiger partial charge in [0.05, 0.1) is 11.5 Å². The number of hydrogen-bond donors (Lipinski definition) is 2. The number of aryl methyl sites for hydroxylation is 1. The van der Waals surface area contributed by atoms with Gasteiger partial charge in [0.25, 0.3) is 5.56 Å². The lowest BCUT2D eigenvalue weighted by molar-refractivity contribution is 0.391. The first-order valence-corrected chi connectivity index (χ1v) is 7.44. The van der Waals surface area contributed by atoms with Crippen LogP contribution in [0.5, 0.6) is 5.75 Å². The Hall–Kier alpha value is -2.42. The number of nitrogens with zero attached hydrogens (tertiary/aromatic N) is 1. The van der Waals surface area contributed by atoms with Crippen molar-refractivity contribution < 1.29 is 4.74 Å². The van der Waals surface area contributed by atoms with Crippen LogP contribution in [0.3, 0.4) is 0 Å². The summed E-state index contributed by atoms with van der Waals surface area (Å²) >= 11 is 12.2. The zero-order chi connectivity index (χ0) is 16.7. The van der Waals surface area contributed by atoms with Crippen LogP contribution in [0.1, 0.15) is 22.7 Å². The predicted octanol–water partition coefficient (Wildman–Crippen LogP) is 3.21. The maximum absolute atomic E-state index is 12.4. The number of benzene rings is 1. The van der Waals surface area contributed by atoms with Crippen LogP contribution in [-0.2, 0) is 0 Å². The highest BCUT2D eigenvalue weighted by Crippen LogP contribution is 2.42. The summed E-state index contributed by atoms with van der Waals surface area (Å²) < 4.78 is 5.46. The van der Waals surface area contributed by atoms with Crippen molar-refractivity contribution in [1.82, 2.24) is 4.98 Å². The van der Waals surface area contributed by atoms with Gasteiger partial charge in [-0.1, -0.05) is 29.3 Å². The number of aromatic nitrogens is 1. The maximum Gasteiger partial charge on any atom is 0.256 e. The van der Waals surface area contributed by atoms with Gasteiger partial charge in [-0.15, -0.1) is 0 Å². The number of pyridine rings is 1. The minimum absolute atomic E-state index is 0.0407. The van der Waals surface area contributed by atoms with Gasteiger partial charge in [0.15, 0.2) is 0 Å². The molecule has 3 N–H and O–H groups in total. The number of aromatic amines is 1. The lowest BCUT2D eigenvalue weighted by Crippen LogP contribution is -2.28. The third-order valence-corrected chi connectivity index (χ3v) is 4.19. The van der Waals surface area contributed by atoms with Crippen molar-refractivity contribution in [2.45, 2.75) is 12.8 Å². The van der Waals surface area contributed by atoms with Gasteiger partial charge in [-0.25, -0.2) is 0 Å². The molecule has 0 bridgehead atoms. The van der Waals surface area contributed by atoms with E-state index in [9.17, 15) is 10.1 Å². The second-order valence-electron chi connectivity index (χ2n) is 5.15. The highest BCUT2D eigenvalue weighted by molar-refractivity contribution is 6.35. The van der Waals surface area contributed by atoms with E-state index in [0.29, 0.717) is 32.6 Å². The van der Waals surface area contributed by atoms with E-state index in [4.69, 9.17) is 33.7 Å².